The Hall–Kier alpha value is -1.46. The molecule has 0 bridgehead atoms. The van der Waals surface area contributed by atoms with Crippen molar-refractivity contribution in [2.75, 3.05) is 19.7 Å². The number of hydrogen-bond donors (Lipinski definition) is 1. The minimum Gasteiger partial charge on any atom is -0.486 e. The second-order valence-electron chi connectivity index (χ2n) is 6.01. The van der Waals surface area contributed by atoms with E-state index in [0.29, 0.717) is 26.1 Å². The van der Waals surface area contributed by atoms with Gasteiger partial charge in [0.25, 0.3) is 0 Å². The zero-order chi connectivity index (χ0) is 16.2. The molecule has 2 N–H and O–H groups in total. The predicted molar refractivity (Wildman–Crippen MR) is 93.4 cm³/mol. The highest BCUT2D eigenvalue weighted by molar-refractivity contribution is 5.86. The maximum absolute atomic E-state index is 12.6. The lowest BCUT2D eigenvalue weighted by Gasteiger charge is -2.35. The molecule has 0 saturated carbocycles. The maximum Gasteiger partial charge on any atom is 0.242 e. The summed E-state index contributed by atoms with van der Waals surface area (Å²) in [5.41, 5.74) is 5.34. The van der Waals surface area contributed by atoms with Gasteiger partial charge in [0.15, 0.2) is 17.6 Å². The molecule has 5 nitrogen and oxygen atoms in total. The highest BCUT2D eigenvalue weighted by atomic mass is 35.5. The normalized spacial score (nSPS) is 18.5. The van der Waals surface area contributed by atoms with Gasteiger partial charge in [-0.15, -0.1) is 12.4 Å². The summed E-state index contributed by atoms with van der Waals surface area (Å²) in [7, 11) is 0. The Morgan fingerprint density at radius 1 is 1.35 bits per heavy atom. The maximum atomic E-state index is 12.6. The van der Waals surface area contributed by atoms with Crippen LogP contribution in [-0.4, -0.2) is 42.1 Å². The molecular weight excluding hydrogens is 316 g/mol. The van der Waals surface area contributed by atoms with E-state index < -0.39 is 5.54 Å². The van der Waals surface area contributed by atoms with E-state index in [1.54, 1.807) is 11.8 Å². The van der Waals surface area contributed by atoms with E-state index in [4.69, 9.17) is 15.2 Å². The molecule has 6 heteroatoms. The molecule has 0 aliphatic carbocycles. The van der Waals surface area contributed by atoms with Crippen LogP contribution in [0.2, 0.25) is 0 Å². The SMILES string of the molecule is CCCC(C)(N)C(=O)N(CC)CC1COc2ccccc2O1.Cl. The molecule has 0 spiro atoms. The third kappa shape index (κ3) is 4.75. The summed E-state index contributed by atoms with van der Waals surface area (Å²) in [5, 5.41) is 0. The van der Waals surface area contributed by atoms with E-state index in [2.05, 4.69) is 0 Å². The Kier molecular flexibility index (Phi) is 7.16. The number of amides is 1. The van der Waals surface area contributed by atoms with Crippen LogP contribution in [0.25, 0.3) is 0 Å². The molecule has 0 aromatic heterocycles. The van der Waals surface area contributed by atoms with Gasteiger partial charge in [0.05, 0.1) is 12.1 Å². The van der Waals surface area contributed by atoms with Crippen molar-refractivity contribution >= 4 is 18.3 Å². The van der Waals surface area contributed by atoms with E-state index in [9.17, 15) is 4.79 Å². The van der Waals surface area contributed by atoms with Gasteiger partial charge in [-0.3, -0.25) is 4.79 Å². The summed E-state index contributed by atoms with van der Waals surface area (Å²) >= 11 is 0. The number of fused-ring (bicyclic) bond motifs is 1. The molecule has 1 aliphatic rings. The topological polar surface area (TPSA) is 64.8 Å². The van der Waals surface area contributed by atoms with Crippen LogP contribution in [0.3, 0.4) is 0 Å². The molecule has 0 radical (unpaired) electrons. The van der Waals surface area contributed by atoms with E-state index >= 15 is 0 Å². The van der Waals surface area contributed by atoms with Gasteiger partial charge in [-0.2, -0.15) is 0 Å². The summed E-state index contributed by atoms with van der Waals surface area (Å²) in [6.07, 6.45) is 1.39. The standard InChI is InChI=1S/C17H26N2O3.ClH/c1-4-10-17(3,18)16(20)19(5-2)11-13-12-21-14-8-6-7-9-15(14)22-13;/h6-9,13H,4-5,10-12,18H2,1-3H3;1H. The zero-order valence-electron chi connectivity index (χ0n) is 14.1. The van der Waals surface area contributed by atoms with Crippen molar-refractivity contribution in [3.8, 4) is 11.5 Å². The van der Waals surface area contributed by atoms with E-state index in [0.717, 1.165) is 17.9 Å². The molecule has 0 saturated heterocycles. The number of likely N-dealkylation sites (N-methyl/N-ethyl adjacent to an activating group) is 1. The van der Waals surface area contributed by atoms with Crippen LogP contribution < -0.4 is 15.2 Å². The van der Waals surface area contributed by atoms with Gasteiger partial charge in [0.2, 0.25) is 5.91 Å². The van der Waals surface area contributed by atoms with Crippen molar-refractivity contribution in [1.82, 2.24) is 4.90 Å². The van der Waals surface area contributed by atoms with Crippen LogP contribution in [-0.2, 0) is 4.79 Å². The van der Waals surface area contributed by atoms with Crippen molar-refractivity contribution in [3.63, 3.8) is 0 Å². The van der Waals surface area contributed by atoms with Gasteiger partial charge in [-0.1, -0.05) is 25.5 Å². The first-order valence-electron chi connectivity index (χ1n) is 7.94. The largest absolute Gasteiger partial charge is 0.486 e. The number of hydrogen-bond acceptors (Lipinski definition) is 4. The van der Waals surface area contributed by atoms with Crippen LogP contribution in [0.15, 0.2) is 24.3 Å². The second-order valence-corrected chi connectivity index (χ2v) is 6.01. The summed E-state index contributed by atoms with van der Waals surface area (Å²) in [4.78, 5) is 14.4. The number of ether oxygens (including phenoxy) is 2. The van der Waals surface area contributed by atoms with E-state index in [1.165, 1.54) is 0 Å². The summed E-state index contributed by atoms with van der Waals surface area (Å²) in [5.74, 6) is 1.45. The fourth-order valence-corrected chi connectivity index (χ4v) is 2.74. The number of benzene rings is 1. The van der Waals surface area contributed by atoms with Gasteiger partial charge in [0, 0.05) is 6.54 Å². The van der Waals surface area contributed by atoms with Crippen molar-refractivity contribution in [2.45, 2.75) is 45.3 Å². The number of nitrogens with zero attached hydrogens (tertiary/aromatic N) is 1. The summed E-state index contributed by atoms with van der Waals surface area (Å²) in [6, 6.07) is 7.58. The lowest BCUT2D eigenvalue weighted by atomic mass is 9.95. The number of nitrogens with two attached hydrogens (primary N) is 1. The molecular formula is C17H27ClN2O3. The highest BCUT2D eigenvalue weighted by Crippen LogP contribution is 2.31. The number of rotatable bonds is 6. The first kappa shape index (κ1) is 19.6. The molecule has 130 valence electrons. The molecule has 1 aromatic carbocycles. The van der Waals surface area contributed by atoms with Crippen LogP contribution >= 0.6 is 12.4 Å². The Labute approximate surface area is 144 Å². The second kappa shape index (κ2) is 8.41. The molecule has 1 heterocycles. The molecule has 0 fully saturated rings. The van der Waals surface area contributed by atoms with Gasteiger partial charge in [0.1, 0.15) is 6.61 Å². The van der Waals surface area contributed by atoms with Crippen LogP contribution in [0.1, 0.15) is 33.6 Å². The van der Waals surface area contributed by atoms with Crippen LogP contribution in [0.4, 0.5) is 0 Å². The average molecular weight is 343 g/mol. The molecule has 2 atom stereocenters. The fraction of sp³-hybridized carbons (Fsp3) is 0.588. The minimum atomic E-state index is -0.821. The lowest BCUT2D eigenvalue weighted by Crippen LogP contribution is -2.55. The third-order valence-corrected chi connectivity index (χ3v) is 3.92. The molecule has 2 unspecified atom stereocenters. The van der Waals surface area contributed by atoms with Gasteiger partial charge in [-0.25, -0.2) is 0 Å². The van der Waals surface area contributed by atoms with Crippen molar-refractivity contribution in [1.29, 1.82) is 0 Å². The molecule has 1 aliphatic heterocycles. The van der Waals surface area contributed by atoms with Crippen LogP contribution in [0.5, 0.6) is 11.5 Å². The zero-order valence-corrected chi connectivity index (χ0v) is 14.9. The summed E-state index contributed by atoms with van der Waals surface area (Å²) in [6.45, 7) is 7.32. The van der Waals surface area contributed by atoms with Gasteiger partial charge >= 0.3 is 0 Å². The van der Waals surface area contributed by atoms with Crippen molar-refractivity contribution in [2.24, 2.45) is 5.73 Å². The molecule has 2 rings (SSSR count). The number of carbonyl (C=O) groups excluding carboxylic acids is 1. The molecule has 1 amide bonds. The fourth-order valence-electron chi connectivity index (χ4n) is 2.74. The smallest absolute Gasteiger partial charge is 0.242 e. The van der Waals surface area contributed by atoms with E-state index in [1.807, 2.05) is 38.1 Å². The van der Waals surface area contributed by atoms with E-state index in [-0.39, 0.29) is 24.4 Å². The van der Waals surface area contributed by atoms with Crippen molar-refractivity contribution in [3.05, 3.63) is 24.3 Å². The Bertz CT molecular complexity index is 522. The first-order chi connectivity index (χ1) is 10.5. The minimum absolute atomic E-state index is 0. The Balaban J connectivity index is 0.00000264. The average Bonchev–Trinajstić information content (AvgIpc) is 2.51. The van der Waals surface area contributed by atoms with Gasteiger partial charge < -0.3 is 20.1 Å². The molecule has 23 heavy (non-hydrogen) atoms. The number of carbonyl (C=O) groups is 1. The Morgan fingerprint density at radius 3 is 2.61 bits per heavy atom. The monoisotopic (exact) mass is 342 g/mol. The lowest BCUT2D eigenvalue weighted by molar-refractivity contribution is -0.138. The predicted octanol–water partition coefficient (Wildman–Crippen LogP) is 2.61. The Morgan fingerprint density at radius 2 is 2.00 bits per heavy atom. The van der Waals surface area contributed by atoms with Crippen LogP contribution in [0, 0.1) is 0 Å². The third-order valence-electron chi connectivity index (χ3n) is 3.92. The number of para-hydroxylation sites is 2. The quantitative estimate of drug-likeness (QED) is 0.863. The number of halogens is 1. The first-order valence-corrected chi connectivity index (χ1v) is 7.94. The van der Waals surface area contributed by atoms with Crippen molar-refractivity contribution < 1.29 is 14.3 Å². The summed E-state index contributed by atoms with van der Waals surface area (Å²) < 4.78 is 11.6. The van der Waals surface area contributed by atoms with Gasteiger partial charge in [-0.05, 0) is 32.4 Å². The molecule has 1 aromatic rings. The highest BCUT2D eigenvalue weighted by Gasteiger charge is 2.33.